The molecule has 294 valence electrons. The van der Waals surface area contributed by atoms with Gasteiger partial charge in [-0.25, -0.2) is 0 Å². The molecule has 0 unspecified atom stereocenters. The number of rotatable bonds is 7. The summed E-state index contributed by atoms with van der Waals surface area (Å²) in [5.41, 5.74) is 27.0. The minimum absolute atomic E-state index is 0.113. The van der Waals surface area contributed by atoms with Crippen molar-refractivity contribution in [1.82, 2.24) is 9.13 Å². The van der Waals surface area contributed by atoms with Crippen LogP contribution >= 0.6 is 0 Å². The van der Waals surface area contributed by atoms with Gasteiger partial charge in [0.25, 0.3) is 0 Å². The van der Waals surface area contributed by atoms with Gasteiger partial charge in [-0.3, -0.25) is 0 Å². The first kappa shape index (κ1) is 38.4. The molecule has 2 aromatic heterocycles. The summed E-state index contributed by atoms with van der Waals surface area (Å²) in [6.07, 6.45) is 2.88. The largest absolute Gasteiger partial charge is 0.398 e. The molecule has 0 spiro atoms. The van der Waals surface area contributed by atoms with Crippen LogP contribution in [0.4, 0.5) is 0 Å². The summed E-state index contributed by atoms with van der Waals surface area (Å²) in [5, 5.41) is 5.02. The van der Waals surface area contributed by atoms with Crippen molar-refractivity contribution in [1.29, 1.82) is 0 Å². The molecule has 0 fully saturated rings. The van der Waals surface area contributed by atoms with Gasteiger partial charge in [0, 0.05) is 45.2 Å². The third-order valence-electron chi connectivity index (χ3n) is 11.6. The zero-order valence-corrected chi connectivity index (χ0v) is 34.5. The number of nitrogens with zero attached hydrogens (tertiary/aromatic N) is 2. The Hall–Kier alpha value is -7.14. The highest BCUT2D eigenvalue weighted by atomic mass is 15.0. The average molecular weight is 779 g/mol. The smallest absolute Gasteiger partial charge is 0.0541 e. The Morgan fingerprint density at radius 1 is 0.467 bits per heavy atom. The maximum atomic E-state index is 6.38. The maximum absolute atomic E-state index is 6.38. The van der Waals surface area contributed by atoms with Gasteiger partial charge in [0.15, 0.2) is 0 Å². The third-order valence-corrected chi connectivity index (χ3v) is 11.6. The molecular weight excluding hydrogens is 729 g/mol. The molecular formula is C56H50N4. The lowest BCUT2D eigenvalue weighted by atomic mass is 9.87. The molecule has 0 aliphatic heterocycles. The molecule has 0 bridgehead atoms. The third kappa shape index (κ3) is 7.50. The van der Waals surface area contributed by atoms with E-state index in [9.17, 15) is 0 Å². The van der Waals surface area contributed by atoms with Gasteiger partial charge in [0.05, 0.1) is 22.1 Å². The molecule has 10 aromatic rings. The molecule has 0 atom stereocenters. The standard InChI is InChI=1S/C49H41N3.C7H9N/c1-49(2,3)37-22-26-39(27-23-37)52-46-16-10-8-14-41(46)43-32-36(21-30-48(43)52)35-20-29-47-42(31-35)40-13-7-9-15-45(40)51(47)38-24-17-33(18-25-38)19-28-44(50)34-11-5-4-6-12-34;8-6-7-4-2-1-3-5-7/h4-18,20-32H,19,50H2,1-3H3;1-5H,6,8H2/b44-28-;. The Balaban J connectivity index is 0.000000520. The van der Waals surface area contributed by atoms with E-state index in [-0.39, 0.29) is 5.41 Å². The quantitative estimate of drug-likeness (QED) is 0.169. The second-order valence-electron chi connectivity index (χ2n) is 16.6. The lowest BCUT2D eigenvalue weighted by Gasteiger charge is -2.19. The number of hydrogen-bond acceptors (Lipinski definition) is 2. The van der Waals surface area contributed by atoms with Gasteiger partial charge in [-0.1, -0.05) is 160 Å². The summed E-state index contributed by atoms with van der Waals surface area (Å²) in [4.78, 5) is 0. The highest BCUT2D eigenvalue weighted by Crippen LogP contribution is 2.38. The maximum Gasteiger partial charge on any atom is 0.0541 e. The fourth-order valence-electron chi connectivity index (χ4n) is 8.34. The number of fused-ring (bicyclic) bond motifs is 6. The lowest BCUT2D eigenvalue weighted by molar-refractivity contribution is 0.590. The Bertz CT molecular complexity index is 3110. The molecule has 4 heteroatoms. The normalized spacial score (nSPS) is 12.0. The van der Waals surface area contributed by atoms with Crippen LogP contribution in [0, 0.1) is 0 Å². The van der Waals surface area contributed by atoms with Crippen LogP contribution < -0.4 is 11.5 Å². The van der Waals surface area contributed by atoms with E-state index in [2.05, 4.69) is 169 Å². The molecule has 10 rings (SSSR count). The highest BCUT2D eigenvalue weighted by Gasteiger charge is 2.17. The predicted octanol–water partition coefficient (Wildman–Crippen LogP) is 13.5. The summed E-state index contributed by atoms with van der Waals surface area (Å²) in [5.74, 6) is 0. The van der Waals surface area contributed by atoms with Crippen LogP contribution in [0.25, 0.3) is 71.8 Å². The van der Waals surface area contributed by atoms with Crippen molar-refractivity contribution in [3.8, 4) is 22.5 Å². The van der Waals surface area contributed by atoms with E-state index < -0.39 is 0 Å². The second kappa shape index (κ2) is 16.2. The van der Waals surface area contributed by atoms with Crippen LogP contribution in [0.15, 0.2) is 200 Å². The van der Waals surface area contributed by atoms with Gasteiger partial charge in [-0.15, -0.1) is 0 Å². The van der Waals surface area contributed by atoms with Crippen LogP contribution in [0.2, 0.25) is 0 Å². The van der Waals surface area contributed by atoms with Crippen molar-refractivity contribution < 1.29 is 0 Å². The van der Waals surface area contributed by atoms with Crippen LogP contribution in [0.5, 0.6) is 0 Å². The monoisotopic (exact) mass is 778 g/mol. The summed E-state index contributed by atoms with van der Waals surface area (Å²) < 4.78 is 4.78. The fraction of sp³-hybridized carbons (Fsp3) is 0.107. The van der Waals surface area contributed by atoms with E-state index in [1.807, 2.05) is 60.7 Å². The minimum atomic E-state index is 0.113. The minimum Gasteiger partial charge on any atom is -0.398 e. The van der Waals surface area contributed by atoms with Gasteiger partial charge >= 0.3 is 0 Å². The van der Waals surface area contributed by atoms with Crippen molar-refractivity contribution in [2.45, 2.75) is 39.2 Å². The lowest BCUT2D eigenvalue weighted by Crippen LogP contribution is -2.10. The Morgan fingerprint density at radius 2 is 0.917 bits per heavy atom. The van der Waals surface area contributed by atoms with Gasteiger partial charge in [-0.05, 0) is 106 Å². The molecule has 4 nitrogen and oxygen atoms in total. The van der Waals surface area contributed by atoms with Crippen LogP contribution in [-0.4, -0.2) is 9.13 Å². The number of benzene rings is 8. The predicted molar refractivity (Wildman–Crippen MR) is 256 cm³/mol. The number of hydrogen-bond donors (Lipinski definition) is 2. The van der Waals surface area contributed by atoms with Crippen molar-refractivity contribution in [3.05, 3.63) is 222 Å². The molecule has 60 heavy (non-hydrogen) atoms. The van der Waals surface area contributed by atoms with Gasteiger partial charge in [0.2, 0.25) is 0 Å². The molecule has 4 N–H and O–H groups in total. The number of aromatic nitrogens is 2. The molecule has 0 aliphatic carbocycles. The topological polar surface area (TPSA) is 61.9 Å². The van der Waals surface area contributed by atoms with Crippen molar-refractivity contribution in [2.75, 3.05) is 0 Å². The molecule has 0 aliphatic rings. The molecule has 0 radical (unpaired) electrons. The summed E-state index contributed by atoms with van der Waals surface area (Å²) in [6.45, 7) is 7.43. The Kier molecular flexibility index (Phi) is 10.4. The van der Waals surface area contributed by atoms with Gasteiger partial charge in [0.1, 0.15) is 0 Å². The summed E-state index contributed by atoms with van der Waals surface area (Å²) in [7, 11) is 0. The van der Waals surface area contributed by atoms with E-state index in [0.29, 0.717) is 6.54 Å². The summed E-state index contributed by atoms with van der Waals surface area (Å²) >= 11 is 0. The highest BCUT2D eigenvalue weighted by molar-refractivity contribution is 6.12. The molecule has 0 saturated carbocycles. The van der Waals surface area contributed by atoms with E-state index >= 15 is 0 Å². The number of nitrogens with two attached hydrogens (primary N) is 2. The zero-order chi connectivity index (χ0) is 41.2. The SMILES string of the molecule is CC(C)(C)c1ccc(-n2c3ccccc3c3cc(-c4ccc5c(c4)c4ccccc4n5-c4ccc(C/C=C(\N)c5ccccc5)cc4)ccc32)cc1.NCc1ccccc1. The van der Waals surface area contributed by atoms with Gasteiger partial charge in [-0.2, -0.15) is 0 Å². The average Bonchev–Trinajstić information content (AvgIpc) is 3.81. The van der Waals surface area contributed by atoms with Crippen molar-refractivity contribution >= 4 is 49.3 Å². The number of allylic oxidation sites excluding steroid dienone is 1. The van der Waals surface area contributed by atoms with Crippen LogP contribution in [-0.2, 0) is 18.4 Å². The van der Waals surface area contributed by atoms with Gasteiger partial charge < -0.3 is 20.6 Å². The number of para-hydroxylation sites is 2. The van der Waals surface area contributed by atoms with E-state index in [4.69, 9.17) is 11.5 Å². The Morgan fingerprint density at radius 3 is 1.40 bits per heavy atom. The second-order valence-corrected chi connectivity index (χ2v) is 16.6. The van der Waals surface area contributed by atoms with E-state index in [0.717, 1.165) is 23.4 Å². The first-order chi connectivity index (χ1) is 29.3. The first-order valence-electron chi connectivity index (χ1n) is 20.8. The molecule has 8 aromatic carbocycles. The van der Waals surface area contributed by atoms with Crippen molar-refractivity contribution in [2.24, 2.45) is 11.5 Å². The first-order valence-corrected chi connectivity index (χ1v) is 20.8. The van der Waals surface area contributed by atoms with Crippen LogP contribution in [0.1, 0.15) is 43.0 Å². The van der Waals surface area contributed by atoms with Crippen molar-refractivity contribution in [3.63, 3.8) is 0 Å². The fourth-order valence-corrected chi connectivity index (χ4v) is 8.34. The Labute approximate surface area is 352 Å². The molecule has 0 saturated heterocycles. The summed E-state index contributed by atoms with van der Waals surface area (Å²) in [6, 6.07) is 69.4. The van der Waals surface area contributed by atoms with E-state index in [1.54, 1.807) is 0 Å². The molecule has 2 heterocycles. The van der Waals surface area contributed by atoms with E-state index in [1.165, 1.54) is 77.1 Å². The molecule has 0 amide bonds. The zero-order valence-electron chi connectivity index (χ0n) is 34.5. The van der Waals surface area contributed by atoms with Crippen LogP contribution in [0.3, 0.4) is 0 Å².